The lowest BCUT2D eigenvalue weighted by atomic mass is 10.1. The quantitative estimate of drug-likeness (QED) is 0.712. The molecule has 0 fully saturated rings. The molecule has 0 saturated carbocycles. The lowest BCUT2D eigenvalue weighted by Gasteiger charge is -2.13. The Balaban J connectivity index is 2.63. The van der Waals surface area contributed by atoms with Gasteiger partial charge >= 0.3 is 12.0 Å². The first kappa shape index (κ1) is 16.9. The minimum absolute atomic E-state index is 0.0244. The summed E-state index contributed by atoms with van der Waals surface area (Å²) in [6, 6.07) is 2.26. The topological polar surface area (TPSA) is 78.4 Å². The first-order chi connectivity index (χ1) is 9.35. The molecule has 0 aliphatic carbocycles. The Hall–Kier alpha value is -1.17. The van der Waals surface area contributed by atoms with E-state index in [9.17, 15) is 9.59 Å². The molecule has 3 N–H and O–H groups in total. The number of carboxylic acid groups (broad SMARTS) is 1. The number of carbonyl (C=O) groups is 2. The summed E-state index contributed by atoms with van der Waals surface area (Å²) in [5.74, 6) is -1.59. The maximum absolute atomic E-state index is 11.7. The number of amides is 2. The molecule has 110 valence electrons. The Morgan fingerprint density at radius 1 is 1.20 bits per heavy atom. The van der Waals surface area contributed by atoms with Crippen LogP contribution >= 0.6 is 34.8 Å². The van der Waals surface area contributed by atoms with Gasteiger partial charge < -0.3 is 15.7 Å². The lowest BCUT2D eigenvalue weighted by molar-refractivity contribution is -0.141. The van der Waals surface area contributed by atoms with Gasteiger partial charge in [0.1, 0.15) is 0 Å². The number of rotatable bonds is 5. The van der Waals surface area contributed by atoms with Crippen molar-refractivity contribution in [3.8, 4) is 0 Å². The number of aliphatic carboxylic acids is 1. The highest BCUT2D eigenvalue weighted by Crippen LogP contribution is 2.32. The van der Waals surface area contributed by atoms with Gasteiger partial charge in [0.25, 0.3) is 0 Å². The fourth-order valence-electron chi connectivity index (χ4n) is 1.41. The summed E-state index contributed by atoms with van der Waals surface area (Å²) >= 11 is 17.5. The number of nitrogens with one attached hydrogen (secondary N) is 2. The molecule has 0 bridgehead atoms. The van der Waals surface area contributed by atoms with Crippen molar-refractivity contribution in [2.45, 2.75) is 13.3 Å². The molecule has 0 aliphatic rings. The van der Waals surface area contributed by atoms with Crippen LogP contribution in [0.4, 0.5) is 10.5 Å². The van der Waals surface area contributed by atoms with Gasteiger partial charge in [-0.25, -0.2) is 4.79 Å². The van der Waals surface area contributed by atoms with E-state index >= 15 is 0 Å². The number of hydrogen-bond acceptors (Lipinski definition) is 2. The molecule has 0 aliphatic heterocycles. The van der Waals surface area contributed by atoms with Gasteiger partial charge in [0, 0.05) is 6.54 Å². The zero-order chi connectivity index (χ0) is 15.3. The van der Waals surface area contributed by atoms with Gasteiger partial charge in [0.05, 0.1) is 26.7 Å². The van der Waals surface area contributed by atoms with Crippen LogP contribution in [0.2, 0.25) is 15.1 Å². The molecule has 1 rings (SSSR count). The van der Waals surface area contributed by atoms with E-state index in [2.05, 4.69) is 10.6 Å². The largest absolute Gasteiger partial charge is 0.481 e. The van der Waals surface area contributed by atoms with Gasteiger partial charge in [0.2, 0.25) is 0 Å². The van der Waals surface area contributed by atoms with Crippen molar-refractivity contribution < 1.29 is 14.7 Å². The third-order valence-electron chi connectivity index (χ3n) is 2.61. The molecule has 1 atom stereocenters. The zero-order valence-electron chi connectivity index (χ0n) is 10.5. The van der Waals surface area contributed by atoms with Crippen molar-refractivity contribution in [1.82, 2.24) is 5.32 Å². The Labute approximate surface area is 131 Å². The van der Waals surface area contributed by atoms with E-state index < -0.39 is 17.9 Å². The number of carbonyl (C=O) groups excluding carboxylic acids is 1. The van der Waals surface area contributed by atoms with Crippen molar-refractivity contribution in [2.24, 2.45) is 5.92 Å². The van der Waals surface area contributed by atoms with Gasteiger partial charge in [-0.1, -0.05) is 41.7 Å². The molecular weight excluding hydrogens is 327 g/mol. The summed E-state index contributed by atoms with van der Waals surface area (Å²) < 4.78 is 0. The third-order valence-corrected chi connectivity index (χ3v) is 3.64. The van der Waals surface area contributed by atoms with Crippen molar-refractivity contribution in [2.75, 3.05) is 11.9 Å². The smallest absolute Gasteiger partial charge is 0.319 e. The highest BCUT2D eigenvalue weighted by molar-refractivity contribution is 6.44. The van der Waals surface area contributed by atoms with E-state index in [1.54, 1.807) is 6.92 Å². The first-order valence-electron chi connectivity index (χ1n) is 5.77. The van der Waals surface area contributed by atoms with Crippen LogP contribution in [0.25, 0.3) is 0 Å². The Kier molecular flexibility index (Phi) is 6.39. The third kappa shape index (κ3) is 4.74. The summed E-state index contributed by atoms with van der Waals surface area (Å²) in [7, 11) is 0. The maximum atomic E-state index is 11.7. The minimum Gasteiger partial charge on any atom is -0.481 e. The number of halogens is 3. The lowest BCUT2D eigenvalue weighted by Crippen LogP contribution is -2.35. The zero-order valence-corrected chi connectivity index (χ0v) is 12.8. The van der Waals surface area contributed by atoms with Crippen LogP contribution in [0.15, 0.2) is 12.1 Å². The molecule has 2 amide bonds. The molecule has 0 aromatic heterocycles. The van der Waals surface area contributed by atoms with E-state index in [0.29, 0.717) is 12.1 Å². The second kappa shape index (κ2) is 7.57. The Morgan fingerprint density at radius 2 is 1.80 bits per heavy atom. The maximum Gasteiger partial charge on any atom is 0.319 e. The second-order valence-electron chi connectivity index (χ2n) is 4.02. The number of benzene rings is 1. The first-order valence-corrected chi connectivity index (χ1v) is 6.90. The molecule has 1 aromatic carbocycles. The van der Waals surface area contributed by atoms with E-state index in [1.807, 2.05) is 0 Å². The minimum atomic E-state index is -0.958. The molecule has 0 radical (unpaired) electrons. The molecule has 0 heterocycles. The highest BCUT2D eigenvalue weighted by atomic mass is 35.5. The molecule has 0 saturated heterocycles. The van der Waals surface area contributed by atoms with Crippen molar-refractivity contribution >= 4 is 52.5 Å². The van der Waals surface area contributed by atoms with Gasteiger partial charge in [-0.3, -0.25) is 4.79 Å². The molecule has 5 nitrogen and oxygen atoms in total. The highest BCUT2D eigenvalue weighted by Gasteiger charge is 2.16. The molecule has 1 unspecified atom stereocenters. The van der Waals surface area contributed by atoms with Crippen LogP contribution in [-0.4, -0.2) is 23.7 Å². The molecular formula is C12H13Cl3N2O3. The fraction of sp³-hybridized carbons (Fsp3) is 0.333. The molecule has 1 aromatic rings. The standard InChI is InChI=1S/C12H13Cl3N2O3/c1-2-6(11(18)19)5-16-12(20)17-10-4-8(14)7(13)3-9(10)15/h3-4,6H,2,5H2,1H3,(H,18,19)(H2,16,17,20). The van der Waals surface area contributed by atoms with Crippen LogP contribution in [0.1, 0.15) is 13.3 Å². The van der Waals surface area contributed by atoms with Crippen LogP contribution in [0.3, 0.4) is 0 Å². The van der Waals surface area contributed by atoms with Crippen molar-refractivity contribution in [3.63, 3.8) is 0 Å². The number of anilines is 1. The fourth-order valence-corrected chi connectivity index (χ4v) is 2.00. The van der Waals surface area contributed by atoms with E-state index in [0.717, 1.165) is 0 Å². The number of carboxylic acids is 1. The summed E-state index contributed by atoms with van der Waals surface area (Å²) in [4.78, 5) is 22.5. The second-order valence-corrected chi connectivity index (χ2v) is 5.25. The summed E-state index contributed by atoms with van der Waals surface area (Å²) in [5.41, 5.74) is 0.293. The van der Waals surface area contributed by atoms with Gasteiger partial charge in [0.15, 0.2) is 0 Å². The van der Waals surface area contributed by atoms with Gasteiger partial charge in [-0.15, -0.1) is 0 Å². The average Bonchev–Trinajstić information content (AvgIpc) is 2.36. The summed E-state index contributed by atoms with van der Waals surface area (Å²) in [5, 5.41) is 14.6. The Morgan fingerprint density at radius 3 is 2.35 bits per heavy atom. The number of urea groups is 1. The summed E-state index contributed by atoms with van der Waals surface area (Å²) in [6.45, 7) is 1.75. The van der Waals surface area contributed by atoms with E-state index in [1.165, 1.54) is 12.1 Å². The molecule has 20 heavy (non-hydrogen) atoms. The number of hydrogen-bond donors (Lipinski definition) is 3. The van der Waals surface area contributed by atoms with Crippen molar-refractivity contribution in [3.05, 3.63) is 27.2 Å². The average molecular weight is 340 g/mol. The van der Waals surface area contributed by atoms with Crippen molar-refractivity contribution in [1.29, 1.82) is 0 Å². The van der Waals surface area contributed by atoms with E-state index in [4.69, 9.17) is 39.9 Å². The van der Waals surface area contributed by atoms with Crippen LogP contribution in [0, 0.1) is 5.92 Å². The monoisotopic (exact) mass is 338 g/mol. The van der Waals surface area contributed by atoms with Gasteiger partial charge in [-0.05, 0) is 18.6 Å². The molecule has 0 spiro atoms. The van der Waals surface area contributed by atoms with Gasteiger partial charge in [-0.2, -0.15) is 0 Å². The van der Waals surface area contributed by atoms with E-state index in [-0.39, 0.29) is 21.6 Å². The van der Waals surface area contributed by atoms with Crippen LogP contribution < -0.4 is 10.6 Å². The van der Waals surface area contributed by atoms with Crippen LogP contribution in [-0.2, 0) is 4.79 Å². The predicted molar refractivity (Wildman–Crippen MR) is 79.9 cm³/mol. The predicted octanol–water partition coefficient (Wildman–Crippen LogP) is 3.88. The van der Waals surface area contributed by atoms with Crippen LogP contribution in [0.5, 0.6) is 0 Å². The summed E-state index contributed by atoms with van der Waals surface area (Å²) in [6.07, 6.45) is 0.420. The normalized spacial score (nSPS) is 11.8. The SMILES string of the molecule is CCC(CNC(=O)Nc1cc(Cl)c(Cl)cc1Cl)C(=O)O. The molecule has 8 heteroatoms. The Bertz CT molecular complexity index is 523.